The third-order valence-corrected chi connectivity index (χ3v) is 3.39. The number of benzene rings is 1. The predicted molar refractivity (Wildman–Crippen MR) is 62.6 cm³/mol. The average molecular weight is 263 g/mol. The lowest BCUT2D eigenvalue weighted by atomic mass is 10.1. The third-order valence-electron chi connectivity index (χ3n) is 2.39. The topological polar surface area (TPSA) is 46.2 Å². The van der Waals surface area contributed by atoms with Crippen molar-refractivity contribution in [2.24, 2.45) is 0 Å². The molecule has 0 saturated heterocycles. The van der Waals surface area contributed by atoms with Crippen LogP contribution in [0.25, 0.3) is 0 Å². The van der Waals surface area contributed by atoms with Gasteiger partial charge in [0.2, 0.25) is 0 Å². The summed E-state index contributed by atoms with van der Waals surface area (Å²) in [6, 6.07) is 2.73. The van der Waals surface area contributed by atoms with Gasteiger partial charge in [0.15, 0.2) is 0 Å². The Morgan fingerprint density at radius 3 is 2.53 bits per heavy atom. The van der Waals surface area contributed by atoms with Crippen molar-refractivity contribution in [1.82, 2.24) is 5.32 Å². The molecule has 0 aromatic heterocycles. The molecule has 1 aromatic carbocycles. The van der Waals surface area contributed by atoms with Crippen molar-refractivity contribution in [1.29, 1.82) is 0 Å². The quantitative estimate of drug-likeness (QED) is 0.866. The molecule has 1 N–H and O–H groups in total. The molecule has 1 rings (SSSR count). The maximum absolute atomic E-state index is 13.4. The number of likely N-dealkylation sites (N-methyl/N-ethyl adjacent to an activating group) is 1. The van der Waals surface area contributed by atoms with E-state index in [0.29, 0.717) is 0 Å². The van der Waals surface area contributed by atoms with Gasteiger partial charge in [-0.2, -0.15) is 0 Å². The van der Waals surface area contributed by atoms with E-state index in [1.807, 2.05) is 0 Å². The molecule has 1 aromatic rings. The zero-order valence-corrected chi connectivity index (χ0v) is 10.5. The Bertz CT molecular complexity index is 488. The smallest absolute Gasteiger partial charge is 0.148 e. The van der Waals surface area contributed by atoms with Crippen molar-refractivity contribution in [2.75, 3.05) is 19.1 Å². The first-order valence-corrected chi connectivity index (χ1v) is 7.17. The van der Waals surface area contributed by atoms with Crippen LogP contribution >= 0.6 is 0 Å². The van der Waals surface area contributed by atoms with Crippen LogP contribution in [0.4, 0.5) is 8.78 Å². The summed E-state index contributed by atoms with van der Waals surface area (Å²) in [6.45, 7) is 0. The second-order valence-electron chi connectivity index (χ2n) is 4.02. The van der Waals surface area contributed by atoms with Gasteiger partial charge in [0.1, 0.15) is 21.5 Å². The molecule has 3 nitrogen and oxygen atoms in total. The van der Waals surface area contributed by atoms with Gasteiger partial charge in [0, 0.05) is 12.3 Å². The number of rotatable bonds is 5. The van der Waals surface area contributed by atoms with Gasteiger partial charge in [-0.25, -0.2) is 17.2 Å². The van der Waals surface area contributed by atoms with Gasteiger partial charge in [-0.05, 0) is 37.2 Å². The minimum Gasteiger partial charge on any atom is -0.316 e. The lowest BCUT2D eigenvalue weighted by molar-refractivity contribution is 0.541. The van der Waals surface area contributed by atoms with Crippen LogP contribution in [0, 0.1) is 11.6 Å². The van der Waals surface area contributed by atoms with E-state index in [2.05, 4.69) is 5.32 Å². The van der Waals surface area contributed by atoms with Crippen molar-refractivity contribution < 1.29 is 17.2 Å². The summed E-state index contributed by atoms with van der Waals surface area (Å²) in [5, 5.41) is 2.79. The van der Waals surface area contributed by atoms with E-state index in [4.69, 9.17) is 0 Å². The van der Waals surface area contributed by atoms with Crippen molar-refractivity contribution in [3.63, 3.8) is 0 Å². The molecule has 0 amide bonds. The Morgan fingerprint density at radius 2 is 2.00 bits per heavy atom. The van der Waals surface area contributed by atoms with Gasteiger partial charge in [-0.1, -0.05) is 0 Å². The Kier molecular flexibility index (Phi) is 4.59. The molecule has 0 bridgehead atoms. The van der Waals surface area contributed by atoms with Gasteiger partial charge in [0.05, 0.1) is 5.75 Å². The highest BCUT2D eigenvalue weighted by molar-refractivity contribution is 7.90. The Labute approximate surface area is 99.8 Å². The Morgan fingerprint density at radius 1 is 1.35 bits per heavy atom. The number of sulfone groups is 1. The van der Waals surface area contributed by atoms with Crippen LogP contribution in [0.15, 0.2) is 18.2 Å². The van der Waals surface area contributed by atoms with Crippen LogP contribution in [0.5, 0.6) is 0 Å². The summed E-state index contributed by atoms with van der Waals surface area (Å²) in [4.78, 5) is 0. The summed E-state index contributed by atoms with van der Waals surface area (Å²) in [5.74, 6) is -1.17. The molecule has 0 fully saturated rings. The first-order chi connectivity index (χ1) is 7.81. The highest BCUT2D eigenvalue weighted by Crippen LogP contribution is 2.12. The van der Waals surface area contributed by atoms with E-state index < -0.39 is 27.5 Å². The molecule has 0 heterocycles. The first kappa shape index (κ1) is 14.1. The van der Waals surface area contributed by atoms with E-state index in [9.17, 15) is 17.2 Å². The maximum atomic E-state index is 13.4. The zero-order valence-electron chi connectivity index (χ0n) is 9.70. The van der Waals surface area contributed by atoms with Crippen molar-refractivity contribution in [3.05, 3.63) is 35.4 Å². The lowest BCUT2D eigenvalue weighted by Gasteiger charge is -2.15. The molecule has 96 valence electrons. The summed E-state index contributed by atoms with van der Waals surface area (Å²) < 4.78 is 48.6. The van der Waals surface area contributed by atoms with Crippen molar-refractivity contribution >= 4 is 9.84 Å². The lowest BCUT2D eigenvalue weighted by Crippen LogP contribution is -2.34. The molecular formula is C11H15F2NO2S. The number of nitrogens with one attached hydrogen (secondary N) is 1. The van der Waals surface area contributed by atoms with Crippen molar-refractivity contribution in [3.8, 4) is 0 Å². The summed E-state index contributed by atoms with van der Waals surface area (Å²) in [7, 11) is -1.57. The van der Waals surface area contributed by atoms with E-state index in [1.54, 1.807) is 7.05 Å². The van der Waals surface area contributed by atoms with E-state index >= 15 is 0 Å². The summed E-state index contributed by atoms with van der Waals surface area (Å²) in [5.41, 5.74) is 0.174. The van der Waals surface area contributed by atoms with Gasteiger partial charge >= 0.3 is 0 Å². The SMILES string of the molecule is CNC(Cc1cc(F)ccc1F)CS(C)(=O)=O. The highest BCUT2D eigenvalue weighted by Gasteiger charge is 2.16. The highest BCUT2D eigenvalue weighted by atomic mass is 32.2. The van der Waals surface area contributed by atoms with Gasteiger partial charge in [-0.3, -0.25) is 0 Å². The average Bonchev–Trinajstić information content (AvgIpc) is 2.20. The first-order valence-electron chi connectivity index (χ1n) is 5.10. The van der Waals surface area contributed by atoms with Crippen LogP contribution in [-0.4, -0.2) is 33.5 Å². The second-order valence-corrected chi connectivity index (χ2v) is 6.20. The third kappa shape index (κ3) is 4.79. The van der Waals surface area contributed by atoms with Crippen molar-refractivity contribution in [2.45, 2.75) is 12.5 Å². The molecular weight excluding hydrogens is 248 g/mol. The second kappa shape index (κ2) is 5.55. The molecule has 6 heteroatoms. The largest absolute Gasteiger partial charge is 0.316 e. The molecule has 1 atom stereocenters. The fraction of sp³-hybridized carbons (Fsp3) is 0.455. The monoisotopic (exact) mass is 263 g/mol. The molecule has 0 aliphatic rings. The Balaban J connectivity index is 2.84. The molecule has 0 saturated carbocycles. The minimum atomic E-state index is -3.16. The summed E-state index contributed by atoms with van der Waals surface area (Å²) in [6.07, 6.45) is 1.24. The van der Waals surface area contributed by atoms with Crippen LogP contribution in [0.1, 0.15) is 5.56 Å². The standard InChI is InChI=1S/C11H15F2NO2S/c1-14-10(7-17(2,15)16)6-8-5-9(12)3-4-11(8)13/h3-5,10,14H,6-7H2,1-2H3. The van der Waals surface area contributed by atoms with E-state index in [0.717, 1.165) is 24.5 Å². The van der Waals surface area contributed by atoms with Crippen LogP contribution < -0.4 is 5.32 Å². The van der Waals surface area contributed by atoms with Crippen LogP contribution in [0.2, 0.25) is 0 Å². The molecule has 0 aliphatic carbocycles. The number of halogens is 2. The van der Waals surface area contributed by atoms with Crippen LogP contribution in [-0.2, 0) is 16.3 Å². The number of hydrogen-bond donors (Lipinski definition) is 1. The predicted octanol–water partition coefficient (Wildman–Crippen LogP) is 1.14. The zero-order chi connectivity index (χ0) is 13.1. The Hall–Kier alpha value is -1.01. The molecule has 0 radical (unpaired) electrons. The maximum Gasteiger partial charge on any atom is 0.148 e. The molecule has 0 spiro atoms. The minimum absolute atomic E-state index is 0.112. The fourth-order valence-electron chi connectivity index (χ4n) is 1.57. The van der Waals surface area contributed by atoms with Gasteiger partial charge < -0.3 is 5.32 Å². The molecule has 0 aliphatic heterocycles. The van der Waals surface area contributed by atoms with Crippen LogP contribution in [0.3, 0.4) is 0 Å². The van der Waals surface area contributed by atoms with Gasteiger partial charge in [0.25, 0.3) is 0 Å². The fourth-order valence-corrected chi connectivity index (χ4v) is 2.59. The van der Waals surface area contributed by atoms with E-state index in [1.165, 1.54) is 0 Å². The van der Waals surface area contributed by atoms with Gasteiger partial charge in [-0.15, -0.1) is 0 Å². The normalized spacial score (nSPS) is 13.6. The molecule has 1 unspecified atom stereocenters. The summed E-state index contributed by atoms with van der Waals surface area (Å²) >= 11 is 0. The molecule has 17 heavy (non-hydrogen) atoms. The van der Waals surface area contributed by atoms with E-state index in [-0.39, 0.29) is 17.7 Å². The number of hydrogen-bond acceptors (Lipinski definition) is 3.